The molecule has 0 bridgehead atoms. The van der Waals surface area contributed by atoms with E-state index >= 15 is 0 Å². The summed E-state index contributed by atoms with van der Waals surface area (Å²) in [5, 5.41) is 0. The zero-order chi connectivity index (χ0) is 10.6. The first kappa shape index (κ1) is 12.5. The summed E-state index contributed by atoms with van der Waals surface area (Å²) < 4.78 is 5.30. The summed E-state index contributed by atoms with van der Waals surface area (Å²) >= 11 is 0. The van der Waals surface area contributed by atoms with Gasteiger partial charge in [-0.25, -0.2) is 0 Å². The molecule has 0 N–H and O–H groups in total. The number of carbonyl (C=O) groups is 1. The summed E-state index contributed by atoms with van der Waals surface area (Å²) in [6.07, 6.45) is 0.0532. The van der Waals surface area contributed by atoms with Crippen LogP contribution < -0.4 is 0 Å². The predicted molar refractivity (Wildman–Crippen MR) is 54.4 cm³/mol. The van der Waals surface area contributed by atoms with Crippen LogP contribution in [-0.4, -0.2) is 12.1 Å². The van der Waals surface area contributed by atoms with Crippen molar-refractivity contribution in [3.05, 3.63) is 0 Å². The molecule has 0 aromatic carbocycles. The van der Waals surface area contributed by atoms with Gasteiger partial charge in [-0.2, -0.15) is 0 Å². The number of hydrogen-bond acceptors (Lipinski definition) is 2. The molecule has 2 atom stereocenters. The molecule has 0 aliphatic heterocycles. The number of rotatable bonds is 4. The lowest BCUT2D eigenvalue weighted by molar-refractivity contribution is -0.152. The first-order valence-electron chi connectivity index (χ1n) is 5.03. The molecule has 0 amide bonds. The molecule has 78 valence electrons. The van der Waals surface area contributed by atoms with Gasteiger partial charge >= 0.3 is 5.97 Å². The number of esters is 1. The van der Waals surface area contributed by atoms with E-state index in [2.05, 4.69) is 34.6 Å². The van der Waals surface area contributed by atoms with Crippen LogP contribution in [0.3, 0.4) is 0 Å². The van der Waals surface area contributed by atoms with E-state index in [-0.39, 0.29) is 12.1 Å². The van der Waals surface area contributed by atoms with E-state index < -0.39 is 0 Å². The summed E-state index contributed by atoms with van der Waals surface area (Å²) in [5.41, 5.74) is 0. The van der Waals surface area contributed by atoms with Crippen molar-refractivity contribution in [1.29, 1.82) is 0 Å². The summed E-state index contributed by atoms with van der Waals surface area (Å²) in [4.78, 5) is 10.9. The average Bonchev–Trinajstić information content (AvgIpc) is 1.97. The Balaban J connectivity index is 4.32. The van der Waals surface area contributed by atoms with Crippen LogP contribution in [0.4, 0.5) is 0 Å². The molecule has 0 aliphatic rings. The maximum absolute atomic E-state index is 10.9. The lowest BCUT2D eigenvalue weighted by Crippen LogP contribution is -2.32. The standard InChI is InChI=1S/C11H22O2/c1-7(2)9(5)11(8(3)4)13-10(6)12/h7-9,11H,1-6H3/t9-,11+/m1/s1. The Labute approximate surface area is 81.7 Å². The van der Waals surface area contributed by atoms with Gasteiger partial charge in [0.2, 0.25) is 0 Å². The highest BCUT2D eigenvalue weighted by atomic mass is 16.5. The minimum Gasteiger partial charge on any atom is -0.462 e. The molecule has 0 heterocycles. The van der Waals surface area contributed by atoms with Crippen LogP contribution in [0.2, 0.25) is 0 Å². The highest BCUT2D eigenvalue weighted by Crippen LogP contribution is 2.23. The fraction of sp³-hybridized carbons (Fsp3) is 0.909. The van der Waals surface area contributed by atoms with Gasteiger partial charge in [0.05, 0.1) is 0 Å². The first-order chi connectivity index (χ1) is 5.86. The highest BCUT2D eigenvalue weighted by Gasteiger charge is 2.25. The van der Waals surface area contributed by atoms with E-state index in [1.165, 1.54) is 6.92 Å². The topological polar surface area (TPSA) is 26.3 Å². The Morgan fingerprint density at radius 1 is 1.00 bits per heavy atom. The quantitative estimate of drug-likeness (QED) is 0.631. The molecule has 0 aromatic heterocycles. The molecular formula is C11H22O2. The van der Waals surface area contributed by atoms with Crippen LogP contribution in [0.25, 0.3) is 0 Å². The summed E-state index contributed by atoms with van der Waals surface area (Å²) in [6, 6.07) is 0. The largest absolute Gasteiger partial charge is 0.462 e. The van der Waals surface area contributed by atoms with Gasteiger partial charge in [-0.1, -0.05) is 34.6 Å². The Morgan fingerprint density at radius 3 is 1.69 bits per heavy atom. The average molecular weight is 186 g/mol. The molecule has 0 fully saturated rings. The lowest BCUT2D eigenvalue weighted by Gasteiger charge is -2.29. The van der Waals surface area contributed by atoms with Crippen molar-refractivity contribution in [2.24, 2.45) is 17.8 Å². The summed E-state index contributed by atoms with van der Waals surface area (Å²) in [6.45, 7) is 12.1. The molecule has 0 unspecified atom stereocenters. The molecule has 0 rings (SSSR count). The van der Waals surface area contributed by atoms with Crippen molar-refractivity contribution in [3.63, 3.8) is 0 Å². The third kappa shape index (κ3) is 4.30. The van der Waals surface area contributed by atoms with Gasteiger partial charge in [0.25, 0.3) is 0 Å². The van der Waals surface area contributed by atoms with Gasteiger partial charge < -0.3 is 4.74 Å². The first-order valence-corrected chi connectivity index (χ1v) is 5.03. The van der Waals surface area contributed by atoms with Crippen LogP contribution in [0.15, 0.2) is 0 Å². The Morgan fingerprint density at radius 2 is 1.46 bits per heavy atom. The smallest absolute Gasteiger partial charge is 0.302 e. The molecule has 0 spiro atoms. The third-order valence-electron chi connectivity index (χ3n) is 2.53. The van der Waals surface area contributed by atoms with Gasteiger partial charge in [-0.15, -0.1) is 0 Å². The molecular weight excluding hydrogens is 164 g/mol. The summed E-state index contributed by atoms with van der Waals surface area (Å²) in [7, 11) is 0. The number of carbonyl (C=O) groups excluding carboxylic acids is 1. The van der Waals surface area contributed by atoms with E-state index in [1.807, 2.05) is 0 Å². The molecule has 0 radical (unpaired) electrons. The molecule has 0 saturated carbocycles. The van der Waals surface area contributed by atoms with Gasteiger partial charge in [-0.3, -0.25) is 4.79 Å². The minimum absolute atomic E-state index is 0.0532. The Bertz CT molecular complexity index is 161. The van der Waals surface area contributed by atoms with Crippen LogP contribution >= 0.6 is 0 Å². The molecule has 13 heavy (non-hydrogen) atoms. The Kier molecular flexibility index (Phi) is 5.04. The van der Waals surface area contributed by atoms with Gasteiger partial charge in [-0.05, 0) is 17.8 Å². The maximum atomic E-state index is 10.9. The van der Waals surface area contributed by atoms with Crippen LogP contribution in [0.1, 0.15) is 41.5 Å². The van der Waals surface area contributed by atoms with Crippen molar-refractivity contribution in [3.8, 4) is 0 Å². The monoisotopic (exact) mass is 186 g/mol. The van der Waals surface area contributed by atoms with E-state index in [9.17, 15) is 4.79 Å². The lowest BCUT2D eigenvalue weighted by atomic mass is 9.86. The van der Waals surface area contributed by atoms with Crippen molar-refractivity contribution in [2.75, 3.05) is 0 Å². The molecule has 2 nitrogen and oxygen atoms in total. The number of hydrogen-bond donors (Lipinski definition) is 0. The van der Waals surface area contributed by atoms with Crippen LogP contribution in [0, 0.1) is 17.8 Å². The highest BCUT2D eigenvalue weighted by molar-refractivity contribution is 5.66. The molecule has 0 aliphatic carbocycles. The molecule has 2 heteroatoms. The van der Waals surface area contributed by atoms with E-state index in [1.54, 1.807) is 0 Å². The normalized spacial score (nSPS) is 16.0. The predicted octanol–water partition coefficient (Wildman–Crippen LogP) is 2.87. The second-order valence-corrected chi connectivity index (χ2v) is 4.42. The van der Waals surface area contributed by atoms with E-state index in [0.717, 1.165) is 0 Å². The van der Waals surface area contributed by atoms with Crippen LogP contribution in [-0.2, 0) is 9.53 Å². The van der Waals surface area contributed by atoms with Gasteiger partial charge in [0.1, 0.15) is 6.10 Å². The zero-order valence-electron chi connectivity index (χ0n) is 9.63. The minimum atomic E-state index is -0.175. The molecule has 0 saturated heterocycles. The fourth-order valence-electron chi connectivity index (χ4n) is 1.42. The second kappa shape index (κ2) is 5.25. The fourth-order valence-corrected chi connectivity index (χ4v) is 1.42. The van der Waals surface area contributed by atoms with Crippen molar-refractivity contribution in [2.45, 2.75) is 47.6 Å². The number of ether oxygens (including phenoxy) is 1. The second-order valence-electron chi connectivity index (χ2n) is 4.42. The maximum Gasteiger partial charge on any atom is 0.302 e. The van der Waals surface area contributed by atoms with E-state index in [4.69, 9.17) is 4.74 Å². The van der Waals surface area contributed by atoms with Crippen molar-refractivity contribution < 1.29 is 9.53 Å². The molecule has 0 aromatic rings. The van der Waals surface area contributed by atoms with Gasteiger partial charge in [0.15, 0.2) is 0 Å². The van der Waals surface area contributed by atoms with Crippen molar-refractivity contribution >= 4 is 5.97 Å². The van der Waals surface area contributed by atoms with E-state index in [0.29, 0.717) is 17.8 Å². The Hall–Kier alpha value is -0.530. The zero-order valence-corrected chi connectivity index (χ0v) is 9.63. The van der Waals surface area contributed by atoms with Crippen LogP contribution in [0.5, 0.6) is 0 Å². The third-order valence-corrected chi connectivity index (χ3v) is 2.53. The van der Waals surface area contributed by atoms with Gasteiger partial charge in [0, 0.05) is 6.92 Å². The summed E-state index contributed by atoms with van der Waals surface area (Å²) in [5.74, 6) is 1.18. The SMILES string of the molecule is CC(=O)O[C@@H](C(C)C)[C@H](C)C(C)C. The van der Waals surface area contributed by atoms with Crippen molar-refractivity contribution in [1.82, 2.24) is 0 Å².